The van der Waals surface area contributed by atoms with E-state index in [-0.39, 0.29) is 0 Å². The second-order valence-corrected chi connectivity index (χ2v) is 6.09. The summed E-state index contributed by atoms with van der Waals surface area (Å²) in [6.07, 6.45) is -4.35. The van der Waals surface area contributed by atoms with Crippen LogP contribution >= 0.6 is 27.9 Å². The Labute approximate surface area is 133 Å². The van der Waals surface area contributed by atoms with Crippen molar-refractivity contribution >= 4 is 39.3 Å². The summed E-state index contributed by atoms with van der Waals surface area (Å²) < 4.78 is 41.8. The molecule has 2 aromatic carbocycles. The Hall–Kier alpha value is -1.18. The molecule has 0 aliphatic rings. The minimum absolute atomic E-state index is 0.388. The average Bonchev–Trinajstić information content (AvgIpc) is 2.42. The van der Waals surface area contributed by atoms with Gasteiger partial charge in [0.1, 0.15) is 0 Å². The minimum atomic E-state index is -4.35. The summed E-state index contributed by atoms with van der Waals surface area (Å²) in [4.78, 5) is 0.999. The van der Waals surface area contributed by atoms with Crippen molar-refractivity contribution in [1.82, 2.24) is 4.72 Å². The van der Waals surface area contributed by atoms with Gasteiger partial charge < -0.3 is 5.32 Å². The third kappa shape index (κ3) is 4.39. The quantitative estimate of drug-likeness (QED) is 0.694. The van der Waals surface area contributed by atoms with Gasteiger partial charge in [0.05, 0.1) is 11.3 Å². The topological polar surface area (TPSA) is 24.1 Å². The summed E-state index contributed by atoms with van der Waals surface area (Å²) in [5.74, 6) is 0. The van der Waals surface area contributed by atoms with Crippen molar-refractivity contribution in [3.8, 4) is 0 Å². The molecule has 2 aromatic rings. The summed E-state index contributed by atoms with van der Waals surface area (Å²) in [5, 5.41) is 2.98. The van der Waals surface area contributed by atoms with E-state index in [1.807, 2.05) is 25.2 Å². The van der Waals surface area contributed by atoms with Crippen molar-refractivity contribution in [3.63, 3.8) is 0 Å². The van der Waals surface area contributed by atoms with Crippen LogP contribution in [0.2, 0.25) is 0 Å². The van der Waals surface area contributed by atoms with E-state index in [1.54, 1.807) is 6.07 Å². The zero-order chi connectivity index (χ0) is 15.5. The molecule has 0 aliphatic carbocycles. The molecular weight excluding hydrogens is 365 g/mol. The van der Waals surface area contributed by atoms with Crippen molar-refractivity contribution in [2.75, 3.05) is 12.4 Å². The summed E-state index contributed by atoms with van der Waals surface area (Å²) in [5.41, 5.74) is 0.417. The van der Waals surface area contributed by atoms with Crippen LogP contribution in [0.3, 0.4) is 0 Å². The summed E-state index contributed by atoms with van der Waals surface area (Å²) in [6.45, 7) is 0. The smallest absolute Gasteiger partial charge is 0.355 e. The lowest BCUT2D eigenvalue weighted by Crippen LogP contribution is -2.05. The van der Waals surface area contributed by atoms with E-state index in [9.17, 15) is 13.2 Å². The Morgan fingerprint density at radius 2 is 1.86 bits per heavy atom. The standard InChI is InChI=1S/C14H12BrF3N2S/c1-19-21-11-5-6-13(12(15)8-11)20-10-4-2-3-9(7-10)14(16,17)18/h2-8,19-20H,1H3. The van der Waals surface area contributed by atoms with Gasteiger partial charge in [-0.05, 0) is 71.3 Å². The molecule has 112 valence electrons. The van der Waals surface area contributed by atoms with Crippen LogP contribution in [0.1, 0.15) is 5.56 Å². The highest BCUT2D eigenvalue weighted by Gasteiger charge is 2.30. The second-order valence-electron chi connectivity index (χ2n) is 4.15. The summed E-state index contributed by atoms with van der Waals surface area (Å²) >= 11 is 4.86. The lowest BCUT2D eigenvalue weighted by Gasteiger charge is -2.12. The Balaban J connectivity index is 2.22. The fourth-order valence-electron chi connectivity index (χ4n) is 1.71. The predicted molar refractivity (Wildman–Crippen MR) is 83.8 cm³/mol. The first-order chi connectivity index (χ1) is 9.90. The van der Waals surface area contributed by atoms with Crippen LogP contribution in [0.5, 0.6) is 0 Å². The van der Waals surface area contributed by atoms with E-state index >= 15 is 0 Å². The number of benzene rings is 2. The van der Waals surface area contributed by atoms with Gasteiger partial charge in [0.15, 0.2) is 0 Å². The number of hydrogen-bond donors (Lipinski definition) is 2. The van der Waals surface area contributed by atoms with Gasteiger partial charge in [0.25, 0.3) is 0 Å². The van der Waals surface area contributed by atoms with E-state index in [1.165, 1.54) is 18.0 Å². The molecule has 0 bridgehead atoms. The first-order valence-corrected chi connectivity index (χ1v) is 7.58. The summed E-state index contributed by atoms with van der Waals surface area (Å²) in [7, 11) is 1.81. The molecule has 0 heterocycles. The van der Waals surface area contributed by atoms with E-state index in [0.717, 1.165) is 21.5 Å². The van der Waals surface area contributed by atoms with Crippen LogP contribution in [0.15, 0.2) is 51.8 Å². The molecule has 0 radical (unpaired) electrons. The minimum Gasteiger partial charge on any atom is -0.355 e. The fraction of sp³-hybridized carbons (Fsp3) is 0.143. The lowest BCUT2D eigenvalue weighted by molar-refractivity contribution is -0.137. The summed E-state index contributed by atoms with van der Waals surface area (Å²) in [6, 6.07) is 10.7. The maximum atomic E-state index is 12.7. The SMILES string of the molecule is CNSc1ccc(Nc2cccc(C(F)(F)F)c2)c(Br)c1. The molecule has 0 saturated carbocycles. The van der Waals surface area contributed by atoms with Crippen LogP contribution in [0.25, 0.3) is 0 Å². The number of halogens is 4. The molecule has 0 spiro atoms. The number of rotatable bonds is 4. The van der Waals surface area contributed by atoms with Gasteiger partial charge in [0, 0.05) is 15.1 Å². The molecule has 7 heteroatoms. The van der Waals surface area contributed by atoms with Gasteiger partial charge >= 0.3 is 6.18 Å². The molecule has 21 heavy (non-hydrogen) atoms. The number of anilines is 2. The van der Waals surface area contributed by atoms with Crippen molar-refractivity contribution in [1.29, 1.82) is 0 Å². The second kappa shape index (κ2) is 6.72. The molecule has 0 atom stereocenters. The maximum absolute atomic E-state index is 12.7. The van der Waals surface area contributed by atoms with Gasteiger partial charge in [0.2, 0.25) is 0 Å². The average molecular weight is 377 g/mol. The van der Waals surface area contributed by atoms with E-state index in [0.29, 0.717) is 11.4 Å². The molecular formula is C14H12BrF3N2S. The molecule has 0 unspecified atom stereocenters. The normalized spacial score (nSPS) is 11.5. The monoisotopic (exact) mass is 376 g/mol. The largest absolute Gasteiger partial charge is 0.416 e. The van der Waals surface area contributed by atoms with Gasteiger partial charge in [-0.3, -0.25) is 4.72 Å². The molecule has 2 N–H and O–H groups in total. The fourth-order valence-corrected chi connectivity index (χ4v) is 2.89. The van der Waals surface area contributed by atoms with Crippen molar-refractivity contribution in [2.45, 2.75) is 11.1 Å². The van der Waals surface area contributed by atoms with E-state index < -0.39 is 11.7 Å². The number of nitrogens with one attached hydrogen (secondary N) is 2. The third-order valence-corrected chi connectivity index (χ3v) is 3.98. The van der Waals surface area contributed by atoms with Crippen LogP contribution in [0, 0.1) is 0 Å². The highest BCUT2D eigenvalue weighted by atomic mass is 79.9. The zero-order valence-electron chi connectivity index (χ0n) is 11.0. The molecule has 0 amide bonds. The first kappa shape index (κ1) is 16.2. The van der Waals surface area contributed by atoms with Crippen molar-refractivity contribution in [2.24, 2.45) is 0 Å². The molecule has 0 aliphatic heterocycles. The van der Waals surface area contributed by atoms with E-state index in [4.69, 9.17) is 0 Å². The lowest BCUT2D eigenvalue weighted by atomic mass is 10.2. The Morgan fingerprint density at radius 3 is 2.48 bits per heavy atom. The van der Waals surface area contributed by atoms with E-state index in [2.05, 4.69) is 26.0 Å². The van der Waals surface area contributed by atoms with Gasteiger partial charge in [-0.25, -0.2) is 0 Å². The third-order valence-electron chi connectivity index (χ3n) is 2.63. The van der Waals surface area contributed by atoms with Crippen LogP contribution in [-0.2, 0) is 6.18 Å². The highest BCUT2D eigenvalue weighted by molar-refractivity contribution is 9.10. The van der Waals surface area contributed by atoms with Gasteiger partial charge in [-0.15, -0.1) is 0 Å². The predicted octanol–water partition coefficient (Wildman–Crippen LogP) is 5.44. The Morgan fingerprint density at radius 1 is 1.10 bits per heavy atom. The van der Waals surface area contributed by atoms with Gasteiger partial charge in [-0.1, -0.05) is 6.07 Å². The van der Waals surface area contributed by atoms with Gasteiger partial charge in [-0.2, -0.15) is 13.2 Å². The highest BCUT2D eigenvalue weighted by Crippen LogP contribution is 2.33. The molecule has 0 fully saturated rings. The number of alkyl halides is 3. The molecule has 0 saturated heterocycles. The molecule has 2 rings (SSSR count). The van der Waals surface area contributed by atoms with Crippen molar-refractivity contribution < 1.29 is 13.2 Å². The first-order valence-electron chi connectivity index (χ1n) is 5.97. The van der Waals surface area contributed by atoms with Crippen LogP contribution < -0.4 is 10.0 Å². The van der Waals surface area contributed by atoms with Crippen LogP contribution in [0.4, 0.5) is 24.5 Å². The Bertz CT molecular complexity index is 632. The zero-order valence-corrected chi connectivity index (χ0v) is 13.4. The van der Waals surface area contributed by atoms with Crippen molar-refractivity contribution in [3.05, 3.63) is 52.5 Å². The maximum Gasteiger partial charge on any atom is 0.416 e. The Kier molecular flexibility index (Phi) is 5.18. The molecule has 0 aromatic heterocycles. The number of hydrogen-bond acceptors (Lipinski definition) is 3. The van der Waals surface area contributed by atoms with Crippen LogP contribution in [-0.4, -0.2) is 7.05 Å². The molecule has 2 nitrogen and oxygen atoms in total.